The standard InChI is InChI=1S/C15H10BrClO4S/c16-10-3-6-13-12(8-10)15(18)14(22(19,20)21-13)7-9-1-4-11(17)5-2-9/h1-6,8,14H,7H2. The maximum Gasteiger partial charge on any atom is 0.320 e. The largest absolute Gasteiger partial charge is 0.381 e. The molecule has 114 valence electrons. The van der Waals surface area contributed by atoms with Gasteiger partial charge in [0, 0.05) is 15.9 Å². The van der Waals surface area contributed by atoms with Gasteiger partial charge in [0.25, 0.3) is 0 Å². The van der Waals surface area contributed by atoms with Crippen molar-refractivity contribution in [1.29, 1.82) is 0 Å². The third-order valence-corrected chi connectivity index (χ3v) is 5.62. The van der Waals surface area contributed by atoms with E-state index in [0.717, 1.165) is 0 Å². The molecular formula is C15H10BrClO4S. The Morgan fingerprint density at radius 3 is 2.50 bits per heavy atom. The normalized spacial score (nSPS) is 19.4. The lowest BCUT2D eigenvalue weighted by Crippen LogP contribution is -2.39. The van der Waals surface area contributed by atoms with Crippen molar-refractivity contribution in [3.63, 3.8) is 0 Å². The lowest BCUT2D eigenvalue weighted by molar-refractivity contribution is 0.0976. The summed E-state index contributed by atoms with van der Waals surface area (Å²) in [5, 5.41) is -0.706. The highest BCUT2D eigenvalue weighted by Crippen LogP contribution is 2.33. The summed E-state index contributed by atoms with van der Waals surface area (Å²) in [5.41, 5.74) is 0.969. The Kier molecular flexibility index (Phi) is 4.01. The zero-order chi connectivity index (χ0) is 15.9. The summed E-state index contributed by atoms with van der Waals surface area (Å²) in [6.45, 7) is 0. The lowest BCUT2D eigenvalue weighted by atomic mass is 10.0. The molecule has 0 saturated heterocycles. The van der Waals surface area contributed by atoms with Gasteiger partial charge in [0.2, 0.25) is 0 Å². The molecule has 1 aliphatic rings. The maximum absolute atomic E-state index is 12.5. The second-order valence-electron chi connectivity index (χ2n) is 4.90. The van der Waals surface area contributed by atoms with Crippen LogP contribution >= 0.6 is 27.5 Å². The van der Waals surface area contributed by atoms with Gasteiger partial charge in [-0.1, -0.05) is 39.7 Å². The third kappa shape index (κ3) is 2.91. The summed E-state index contributed by atoms with van der Waals surface area (Å²) >= 11 is 9.08. The van der Waals surface area contributed by atoms with Gasteiger partial charge in [0.15, 0.2) is 16.8 Å². The van der Waals surface area contributed by atoms with Crippen LogP contribution in [0.15, 0.2) is 46.9 Å². The van der Waals surface area contributed by atoms with Gasteiger partial charge in [0.1, 0.15) is 0 Å². The molecule has 22 heavy (non-hydrogen) atoms. The van der Waals surface area contributed by atoms with Gasteiger partial charge < -0.3 is 4.18 Å². The SMILES string of the molecule is O=C1c2cc(Br)ccc2OS(=O)(=O)C1Cc1ccc(Cl)cc1. The first-order chi connectivity index (χ1) is 10.4. The van der Waals surface area contributed by atoms with Crippen molar-refractivity contribution >= 4 is 43.4 Å². The molecule has 3 rings (SSSR count). The summed E-state index contributed by atoms with van der Waals surface area (Å²) < 4.78 is 30.2. The van der Waals surface area contributed by atoms with E-state index in [1.165, 1.54) is 6.07 Å². The van der Waals surface area contributed by atoms with Crippen LogP contribution in [0.25, 0.3) is 0 Å². The van der Waals surface area contributed by atoms with Gasteiger partial charge in [-0.25, -0.2) is 0 Å². The molecule has 0 N–H and O–H groups in total. The van der Waals surface area contributed by atoms with Crippen LogP contribution < -0.4 is 4.18 Å². The summed E-state index contributed by atoms with van der Waals surface area (Å²) in [6.07, 6.45) is 0.0459. The van der Waals surface area contributed by atoms with E-state index in [4.69, 9.17) is 15.8 Å². The van der Waals surface area contributed by atoms with E-state index in [9.17, 15) is 13.2 Å². The highest BCUT2D eigenvalue weighted by atomic mass is 79.9. The zero-order valence-corrected chi connectivity index (χ0v) is 14.3. The van der Waals surface area contributed by atoms with Crippen molar-refractivity contribution in [1.82, 2.24) is 0 Å². The number of rotatable bonds is 2. The molecule has 0 aromatic heterocycles. The number of halogens is 2. The molecule has 0 saturated carbocycles. The van der Waals surface area contributed by atoms with Crippen LogP contribution in [0, 0.1) is 0 Å². The Bertz CT molecular complexity index is 846. The van der Waals surface area contributed by atoms with Crippen molar-refractivity contribution in [2.75, 3.05) is 0 Å². The van der Waals surface area contributed by atoms with Crippen LogP contribution in [0.4, 0.5) is 0 Å². The monoisotopic (exact) mass is 400 g/mol. The van der Waals surface area contributed by atoms with Gasteiger partial charge in [0.05, 0.1) is 5.56 Å². The fourth-order valence-corrected chi connectivity index (χ4v) is 4.07. The van der Waals surface area contributed by atoms with E-state index in [2.05, 4.69) is 15.9 Å². The molecule has 0 bridgehead atoms. The van der Waals surface area contributed by atoms with Crippen molar-refractivity contribution in [3.05, 3.63) is 63.1 Å². The average Bonchev–Trinajstić information content (AvgIpc) is 2.46. The highest BCUT2D eigenvalue weighted by Gasteiger charge is 2.41. The molecule has 1 heterocycles. The number of carbonyl (C=O) groups excluding carboxylic acids is 1. The molecule has 0 spiro atoms. The number of fused-ring (bicyclic) bond motifs is 1. The predicted octanol–water partition coefficient (Wildman–Crippen LogP) is 3.62. The molecule has 0 amide bonds. The Morgan fingerprint density at radius 2 is 1.82 bits per heavy atom. The minimum Gasteiger partial charge on any atom is -0.381 e. The lowest BCUT2D eigenvalue weighted by Gasteiger charge is -2.23. The smallest absolute Gasteiger partial charge is 0.320 e. The topological polar surface area (TPSA) is 60.4 Å². The Morgan fingerprint density at radius 1 is 1.14 bits per heavy atom. The van der Waals surface area contributed by atoms with Crippen LogP contribution in [-0.2, 0) is 16.5 Å². The number of hydrogen-bond donors (Lipinski definition) is 0. The molecule has 4 nitrogen and oxygen atoms in total. The van der Waals surface area contributed by atoms with Crippen LogP contribution in [0.2, 0.25) is 5.02 Å². The van der Waals surface area contributed by atoms with Gasteiger partial charge >= 0.3 is 10.1 Å². The molecule has 2 aromatic carbocycles. The average molecular weight is 402 g/mol. The van der Waals surface area contributed by atoms with Crippen LogP contribution in [-0.4, -0.2) is 19.5 Å². The molecule has 2 aromatic rings. The highest BCUT2D eigenvalue weighted by molar-refractivity contribution is 9.10. The van der Waals surface area contributed by atoms with Crippen LogP contribution in [0.3, 0.4) is 0 Å². The second-order valence-corrected chi connectivity index (χ2v) is 7.97. The number of carbonyl (C=O) groups is 1. The molecule has 0 radical (unpaired) electrons. The second kappa shape index (κ2) is 5.68. The molecule has 0 fully saturated rings. The van der Waals surface area contributed by atoms with E-state index in [1.807, 2.05) is 0 Å². The summed E-state index contributed by atoms with van der Waals surface area (Å²) in [5.74, 6) is -0.391. The van der Waals surface area contributed by atoms with Gasteiger partial charge in [-0.15, -0.1) is 0 Å². The first-order valence-corrected chi connectivity index (χ1v) is 9.02. The first kappa shape index (κ1) is 15.5. The Balaban J connectivity index is 2.00. The van der Waals surface area contributed by atoms with Gasteiger partial charge in [-0.3, -0.25) is 4.79 Å². The zero-order valence-electron chi connectivity index (χ0n) is 11.1. The van der Waals surface area contributed by atoms with Gasteiger partial charge in [-0.05, 0) is 35.9 Å². The first-order valence-electron chi connectivity index (χ1n) is 6.38. The number of ketones is 1. The fourth-order valence-electron chi connectivity index (χ4n) is 2.28. The quantitative estimate of drug-likeness (QED) is 0.721. The van der Waals surface area contributed by atoms with E-state index >= 15 is 0 Å². The molecule has 0 aliphatic carbocycles. The third-order valence-electron chi connectivity index (χ3n) is 3.39. The predicted molar refractivity (Wildman–Crippen MR) is 87.0 cm³/mol. The van der Waals surface area contributed by atoms with Crippen molar-refractivity contribution in [2.24, 2.45) is 0 Å². The van der Waals surface area contributed by atoms with E-state index < -0.39 is 21.2 Å². The van der Waals surface area contributed by atoms with E-state index in [1.54, 1.807) is 36.4 Å². The molecular weight excluding hydrogens is 392 g/mol. The maximum atomic E-state index is 12.5. The number of Topliss-reactive ketones (excluding diaryl/α,β-unsaturated/α-hetero) is 1. The molecule has 1 aliphatic heterocycles. The molecule has 1 unspecified atom stereocenters. The summed E-state index contributed by atoms with van der Waals surface area (Å²) in [6, 6.07) is 11.4. The fraction of sp³-hybridized carbons (Fsp3) is 0.133. The van der Waals surface area contributed by atoms with E-state index in [0.29, 0.717) is 15.1 Å². The van der Waals surface area contributed by atoms with Crippen molar-refractivity contribution in [3.8, 4) is 5.75 Å². The van der Waals surface area contributed by atoms with E-state index in [-0.39, 0.29) is 17.7 Å². The van der Waals surface area contributed by atoms with Crippen LogP contribution in [0.5, 0.6) is 5.75 Å². The van der Waals surface area contributed by atoms with Gasteiger partial charge in [-0.2, -0.15) is 8.42 Å². The Labute approximate surface area is 141 Å². The van der Waals surface area contributed by atoms with Crippen molar-refractivity contribution in [2.45, 2.75) is 11.7 Å². The van der Waals surface area contributed by atoms with Crippen molar-refractivity contribution < 1.29 is 17.4 Å². The minimum atomic E-state index is -4.01. The number of benzene rings is 2. The summed E-state index contributed by atoms with van der Waals surface area (Å²) in [7, 11) is -4.01. The number of hydrogen-bond acceptors (Lipinski definition) is 4. The molecule has 1 atom stereocenters. The minimum absolute atomic E-state index is 0.0459. The van der Waals surface area contributed by atoms with Crippen LogP contribution in [0.1, 0.15) is 15.9 Å². The summed E-state index contributed by atoms with van der Waals surface area (Å²) in [4.78, 5) is 12.5. The Hall–Kier alpha value is -1.37. The molecule has 7 heteroatoms.